The van der Waals surface area contributed by atoms with Gasteiger partial charge in [-0.25, -0.2) is 14.4 Å². The Morgan fingerprint density at radius 2 is 1.10 bits per heavy atom. The lowest BCUT2D eigenvalue weighted by Gasteiger charge is -2.23. The summed E-state index contributed by atoms with van der Waals surface area (Å²) in [7, 11) is 1.53. The minimum Gasteiger partial charge on any atom is -0.497 e. The Morgan fingerprint density at radius 3 is 1.57 bits per heavy atom. The topological polar surface area (TPSA) is 292 Å². The summed E-state index contributed by atoms with van der Waals surface area (Å²) in [6.07, 6.45) is 28.9. The van der Waals surface area contributed by atoms with Gasteiger partial charge in [-0.05, 0) is 152 Å². The van der Waals surface area contributed by atoms with Crippen molar-refractivity contribution < 1.29 is 71.7 Å². The normalized spacial score (nSPS) is 13.5. The van der Waals surface area contributed by atoms with E-state index in [0.29, 0.717) is 84.0 Å². The summed E-state index contributed by atoms with van der Waals surface area (Å²) in [5.41, 5.74) is 4.35. The predicted molar refractivity (Wildman–Crippen MR) is 421 cm³/mol. The Labute approximate surface area is 648 Å². The second-order valence-corrected chi connectivity index (χ2v) is 28.1. The molecular weight excluding hydrogens is 1440 g/mol. The van der Waals surface area contributed by atoms with Crippen molar-refractivity contribution in [3.8, 4) is 11.4 Å². The van der Waals surface area contributed by atoms with E-state index < -0.39 is 52.7 Å². The number of ketones is 2. The molecule has 8 rings (SSSR count). The number of rotatable bonds is 44. The number of nitrogens with zero attached hydrogens (tertiary/aromatic N) is 6. The number of thioether (sulfide) groups is 1. The zero-order chi connectivity index (χ0) is 77.8. The molecule has 2 atom stereocenters. The van der Waals surface area contributed by atoms with Gasteiger partial charge in [0.15, 0.2) is 11.0 Å². The van der Waals surface area contributed by atoms with Crippen LogP contribution in [0.3, 0.4) is 0 Å². The quantitative estimate of drug-likeness (QED) is 0.00525. The van der Waals surface area contributed by atoms with Crippen molar-refractivity contribution in [2.24, 2.45) is 11.1 Å². The zero-order valence-corrected chi connectivity index (χ0v) is 65.4. The van der Waals surface area contributed by atoms with Crippen molar-refractivity contribution in [2.75, 3.05) is 62.2 Å². The Kier molecular flexibility index (Phi) is 40.3. The van der Waals surface area contributed by atoms with E-state index in [0.717, 1.165) is 68.7 Å². The summed E-state index contributed by atoms with van der Waals surface area (Å²) in [5, 5.41) is 20.4. The number of anilines is 3. The third kappa shape index (κ3) is 30.8. The fourth-order valence-electron chi connectivity index (χ4n) is 11.4. The molecule has 2 N–H and O–H groups in total. The maximum atomic E-state index is 13.8. The lowest BCUT2D eigenvalue weighted by Crippen LogP contribution is -2.36. The first-order valence-corrected chi connectivity index (χ1v) is 39.4. The average molecular weight is 1540 g/mol. The fraction of sp³-hybridized carbons (Fsp3) is 0.476. The Morgan fingerprint density at radius 1 is 0.602 bits per heavy atom. The number of hydrogen-bond acceptors (Lipinski definition) is 21. The number of carbonyl (C=O) groups is 9. The van der Waals surface area contributed by atoms with Gasteiger partial charge >= 0.3 is 29.8 Å². The summed E-state index contributed by atoms with van der Waals surface area (Å²) in [4.78, 5) is 119. The molecule has 2 amide bonds. The lowest BCUT2D eigenvalue weighted by molar-refractivity contribution is -0.143. The number of unbranched alkanes of at least 4 members (excludes halogenated alkanes) is 18. The second-order valence-electron chi connectivity index (χ2n) is 26.2. The molecule has 1 fully saturated rings. The van der Waals surface area contributed by atoms with E-state index in [-0.39, 0.29) is 51.8 Å². The van der Waals surface area contributed by atoms with Crippen LogP contribution in [0.4, 0.5) is 17.1 Å². The number of amides is 2. The molecule has 0 spiro atoms. The molecule has 6 aromatic rings. The Balaban J connectivity index is 0.000000266. The SMILES string of the molecule is CCCCCCCCCCCCOC(=O)c1ccc(Cl)c(NC(=O)C(Sc2nnnn2-c2ccccc2)C(=O)c2ccc(OC)cc2)c1.CCCCCCCCCCCCOC(=O)c1ccc(Cl)c(NC(=O)C2CCCC2=O)c1.CCCOC(=O)CN(CC(=O)OCCC)c1ccc(C=C2C(=O)ON=C2C)cc1. The van der Waals surface area contributed by atoms with E-state index in [2.05, 4.69) is 50.0 Å². The number of aromatic nitrogens is 4. The van der Waals surface area contributed by atoms with Crippen LogP contribution < -0.4 is 20.3 Å². The van der Waals surface area contributed by atoms with Crippen LogP contribution in [0.2, 0.25) is 10.0 Å². The number of benzene rings is 5. The number of methoxy groups -OCH3 is 1. The summed E-state index contributed by atoms with van der Waals surface area (Å²) >= 11 is 13.5. The van der Waals surface area contributed by atoms with Gasteiger partial charge < -0.3 is 44.1 Å². The first-order valence-electron chi connectivity index (χ1n) is 37.8. The van der Waals surface area contributed by atoms with E-state index in [1.54, 1.807) is 84.6 Å². The maximum absolute atomic E-state index is 13.8. The third-order valence-corrected chi connectivity index (χ3v) is 19.3. The van der Waals surface area contributed by atoms with Crippen LogP contribution in [0.15, 0.2) is 131 Å². The molecule has 23 nitrogen and oxygen atoms in total. The number of para-hydroxylation sites is 1. The average Bonchev–Trinajstić information content (AvgIpc) is 1.39. The molecular formula is C82H104Cl2N8O15S. The summed E-state index contributed by atoms with van der Waals surface area (Å²) < 4.78 is 27.8. The number of oxime groups is 1. The first-order chi connectivity index (χ1) is 52.4. The van der Waals surface area contributed by atoms with Crippen molar-refractivity contribution in [2.45, 2.75) is 206 Å². The maximum Gasteiger partial charge on any atom is 0.367 e. The number of halogens is 2. The first kappa shape index (κ1) is 87.6. The van der Waals surface area contributed by atoms with Crippen LogP contribution in [0.5, 0.6) is 5.75 Å². The molecule has 1 saturated carbocycles. The van der Waals surface area contributed by atoms with Gasteiger partial charge in [-0.1, -0.05) is 214 Å². The van der Waals surface area contributed by atoms with Crippen LogP contribution in [-0.4, -0.2) is 131 Å². The minimum absolute atomic E-state index is 0.0410. The van der Waals surface area contributed by atoms with Crippen molar-refractivity contribution in [1.82, 2.24) is 20.2 Å². The minimum atomic E-state index is -1.31. The van der Waals surface area contributed by atoms with E-state index in [4.69, 9.17) is 46.9 Å². The van der Waals surface area contributed by atoms with Crippen molar-refractivity contribution >= 4 is 117 Å². The number of esters is 4. The smallest absolute Gasteiger partial charge is 0.367 e. The van der Waals surface area contributed by atoms with E-state index in [1.165, 1.54) is 126 Å². The molecule has 0 bridgehead atoms. The van der Waals surface area contributed by atoms with Gasteiger partial charge in [0.1, 0.15) is 24.6 Å². The highest BCUT2D eigenvalue weighted by molar-refractivity contribution is 8.01. The Hall–Kier alpha value is -9.26. The van der Waals surface area contributed by atoms with Crippen LogP contribution in [0.25, 0.3) is 11.8 Å². The van der Waals surface area contributed by atoms with Crippen LogP contribution in [0, 0.1) is 5.92 Å². The van der Waals surface area contributed by atoms with Crippen LogP contribution in [-0.2, 0) is 52.6 Å². The molecule has 0 saturated heterocycles. The molecule has 1 aromatic heterocycles. The molecule has 0 radical (unpaired) electrons. The van der Waals surface area contributed by atoms with Crippen LogP contribution >= 0.6 is 35.0 Å². The summed E-state index contributed by atoms with van der Waals surface area (Å²) in [6.45, 7) is 11.2. The molecule has 2 aliphatic rings. The highest BCUT2D eigenvalue weighted by Gasteiger charge is 2.34. The van der Waals surface area contributed by atoms with Gasteiger partial charge in [-0.15, -0.1) is 5.10 Å². The summed E-state index contributed by atoms with van der Waals surface area (Å²) in [5.74, 6) is -3.87. The van der Waals surface area contributed by atoms with Gasteiger partial charge in [0.2, 0.25) is 17.0 Å². The van der Waals surface area contributed by atoms with Gasteiger partial charge in [0.05, 0.1) is 89.0 Å². The molecule has 26 heteroatoms. The Bertz CT molecular complexity index is 3890. The largest absolute Gasteiger partial charge is 0.497 e. The van der Waals surface area contributed by atoms with Gasteiger partial charge in [0.25, 0.3) is 0 Å². The number of tetrazole rings is 1. The molecule has 2 unspecified atom stereocenters. The zero-order valence-electron chi connectivity index (χ0n) is 63.1. The third-order valence-electron chi connectivity index (χ3n) is 17.5. The second kappa shape index (κ2) is 49.6. The molecule has 108 heavy (non-hydrogen) atoms. The molecule has 1 aliphatic carbocycles. The number of ether oxygens (including phenoxy) is 5. The van der Waals surface area contributed by atoms with E-state index in [1.807, 2.05) is 44.2 Å². The summed E-state index contributed by atoms with van der Waals surface area (Å²) in [6, 6.07) is 31.8. The van der Waals surface area contributed by atoms with E-state index >= 15 is 0 Å². The van der Waals surface area contributed by atoms with Gasteiger partial charge in [-0.3, -0.25) is 28.8 Å². The predicted octanol–water partition coefficient (Wildman–Crippen LogP) is 17.8. The molecule has 1 aliphatic heterocycles. The van der Waals surface area contributed by atoms with Crippen LogP contribution in [0.1, 0.15) is 232 Å². The monoisotopic (exact) mass is 1540 g/mol. The lowest BCUT2D eigenvalue weighted by atomic mass is 10.1. The van der Waals surface area contributed by atoms with Gasteiger partial charge in [0, 0.05) is 17.7 Å². The molecule has 2 heterocycles. The highest BCUT2D eigenvalue weighted by Crippen LogP contribution is 2.32. The molecule has 582 valence electrons. The number of hydrogen-bond donors (Lipinski definition) is 2. The number of carbonyl (C=O) groups excluding carboxylic acids is 9. The van der Waals surface area contributed by atoms with Crippen molar-refractivity contribution in [3.63, 3.8) is 0 Å². The number of nitrogens with one attached hydrogen (secondary N) is 2. The van der Waals surface area contributed by atoms with E-state index in [9.17, 15) is 43.2 Å². The fourth-order valence-corrected chi connectivity index (χ4v) is 12.7. The highest BCUT2D eigenvalue weighted by atomic mass is 35.5. The standard InChI is InChI=1S/C36H42ClN5O5S.C25H36ClNO4.C21H26N2O6/c1-3-4-5-6-7-8-9-10-11-15-24-47-35(45)27-20-23-30(37)31(25-27)38-34(44)33(32(43)26-18-21-29(46-2)22-19-26)48-36-39-40-41-42(36)28-16-13-12-14-17-28;1-2-3-4-5-6-7-8-9-10-11-17-31-25(30)19-15-16-21(26)22(18-19)27-24(29)20-13-12-14-23(20)28;1-4-10-27-19(24)13-23(14-20(25)28-11-5-2)17-8-6-16(7-9-17)12-18-15(3)22-29-21(18)26/h12-14,16-23,25,33H,3-11,15,24H2,1-2H3,(H,38,44);15-16,18,20H,2-14,17H2,1H3,(H,27,29);6-9,12H,4-5,10-11,13-14H2,1-3H3. The van der Waals surface area contributed by atoms with Crippen molar-refractivity contribution in [3.05, 3.63) is 153 Å². The molecule has 5 aromatic carbocycles. The van der Waals surface area contributed by atoms with Gasteiger partial charge in [-0.2, -0.15) is 4.68 Å². The number of Topliss-reactive ketones (excluding diaryl/α,β-unsaturated/α-hetero) is 2. The van der Waals surface area contributed by atoms with Crippen molar-refractivity contribution in [1.29, 1.82) is 0 Å².